The van der Waals surface area contributed by atoms with Crippen molar-refractivity contribution in [1.29, 1.82) is 5.26 Å². The summed E-state index contributed by atoms with van der Waals surface area (Å²) in [7, 11) is 1.65. The van der Waals surface area contributed by atoms with E-state index in [0.29, 0.717) is 23.7 Å². The van der Waals surface area contributed by atoms with Crippen molar-refractivity contribution in [3.05, 3.63) is 23.8 Å². The van der Waals surface area contributed by atoms with Gasteiger partial charge in [0.2, 0.25) is 0 Å². The second kappa shape index (κ2) is 5.10. The zero-order valence-electron chi connectivity index (χ0n) is 11.1. The summed E-state index contributed by atoms with van der Waals surface area (Å²) in [5.74, 6) is 0.790. The van der Waals surface area contributed by atoms with Gasteiger partial charge in [0.15, 0.2) is 0 Å². The lowest BCUT2D eigenvalue weighted by molar-refractivity contribution is 0.378. The first kappa shape index (κ1) is 12.3. The number of hydrogen-bond donors (Lipinski definition) is 2. The minimum Gasteiger partial charge on any atom is -0.497 e. The Bertz CT molecular complexity index is 497. The number of anilines is 1. The van der Waals surface area contributed by atoms with Gasteiger partial charge in [0.05, 0.1) is 18.4 Å². The molecule has 2 unspecified atom stereocenters. The van der Waals surface area contributed by atoms with Crippen LogP contribution in [-0.4, -0.2) is 25.2 Å². The Hall–Kier alpha value is -1.73. The van der Waals surface area contributed by atoms with Gasteiger partial charge in [0.1, 0.15) is 11.8 Å². The molecule has 4 heteroatoms. The van der Waals surface area contributed by atoms with Crippen LogP contribution < -0.4 is 15.4 Å². The fourth-order valence-corrected chi connectivity index (χ4v) is 3.26. The number of benzene rings is 1. The molecule has 2 atom stereocenters. The van der Waals surface area contributed by atoms with Crippen LogP contribution in [0, 0.1) is 11.3 Å². The number of fused-ring (bicyclic) bond motifs is 2. The van der Waals surface area contributed by atoms with E-state index in [2.05, 4.69) is 16.7 Å². The van der Waals surface area contributed by atoms with E-state index in [1.807, 2.05) is 18.2 Å². The van der Waals surface area contributed by atoms with E-state index in [1.165, 1.54) is 12.8 Å². The number of piperidine rings is 1. The molecule has 19 heavy (non-hydrogen) atoms. The van der Waals surface area contributed by atoms with Gasteiger partial charge in [-0.05, 0) is 37.8 Å². The Labute approximate surface area is 113 Å². The molecule has 2 N–H and O–H groups in total. The molecule has 0 amide bonds. The number of hydrogen-bond acceptors (Lipinski definition) is 4. The van der Waals surface area contributed by atoms with Gasteiger partial charge in [-0.25, -0.2) is 0 Å². The number of methoxy groups -OCH3 is 1. The van der Waals surface area contributed by atoms with E-state index >= 15 is 0 Å². The Morgan fingerprint density at radius 1 is 1.32 bits per heavy atom. The monoisotopic (exact) mass is 257 g/mol. The minimum absolute atomic E-state index is 0.456. The van der Waals surface area contributed by atoms with E-state index in [-0.39, 0.29) is 0 Å². The average Bonchev–Trinajstić information content (AvgIpc) is 2.78. The summed E-state index contributed by atoms with van der Waals surface area (Å²) in [6.07, 6.45) is 4.84. The van der Waals surface area contributed by atoms with Crippen molar-refractivity contribution in [3.8, 4) is 11.8 Å². The standard InChI is InChI=1S/C15H19N3O/c1-19-14-5-2-10(9-16)15(8-14)18-13-6-11-3-4-12(7-13)17-11/h2,5,8,11-13,17-18H,3-4,6-7H2,1H3. The number of rotatable bonds is 3. The van der Waals surface area contributed by atoms with Gasteiger partial charge in [-0.2, -0.15) is 5.26 Å². The predicted octanol–water partition coefficient (Wildman–Crippen LogP) is 2.26. The van der Waals surface area contributed by atoms with Crippen molar-refractivity contribution in [1.82, 2.24) is 5.32 Å². The SMILES string of the molecule is COc1ccc(C#N)c(NC2CC3CCC(C2)N3)c1. The Kier molecular flexibility index (Phi) is 3.31. The van der Waals surface area contributed by atoms with Gasteiger partial charge in [0.25, 0.3) is 0 Å². The van der Waals surface area contributed by atoms with E-state index in [4.69, 9.17) is 4.74 Å². The molecule has 2 fully saturated rings. The third-order valence-electron chi connectivity index (χ3n) is 4.18. The molecule has 0 spiro atoms. The van der Waals surface area contributed by atoms with Crippen molar-refractivity contribution >= 4 is 5.69 Å². The molecule has 4 nitrogen and oxygen atoms in total. The molecule has 0 saturated carbocycles. The van der Waals surface area contributed by atoms with Crippen LogP contribution >= 0.6 is 0 Å². The van der Waals surface area contributed by atoms with Gasteiger partial charge >= 0.3 is 0 Å². The van der Waals surface area contributed by atoms with Crippen LogP contribution in [0.15, 0.2) is 18.2 Å². The predicted molar refractivity (Wildman–Crippen MR) is 74.3 cm³/mol. The molecule has 2 heterocycles. The summed E-state index contributed by atoms with van der Waals surface area (Å²) in [5, 5.41) is 16.3. The molecule has 2 aliphatic heterocycles. The van der Waals surface area contributed by atoms with Crippen molar-refractivity contribution in [2.75, 3.05) is 12.4 Å². The summed E-state index contributed by atoms with van der Waals surface area (Å²) >= 11 is 0. The zero-order valence-corrected chi connectivity index (χ0v) is 11.1. The van der Waals surface area contributed by atoms with E-state index in [9.17, 15) is 5.26 Å². The van der Waals surface area contributed by atoms with E-state index in [1.54, 1.807) is 7.11 Å². The Morgan fingerprint density at radius 3 is 2.68 bits per heavy atom. The molecule has 2 saturated heterocycles. The summed E-state index contributed by atoms with van der Waals surface area (Å²) in [5.41, 5.74) is 1.58. The summed E-state index contributed by atoms with van der Waals surface area (Å²) in [6, 6.07) is 9.55. The quantitative estimate of drug-likeness (QED) is 0.872. The van der Waals surface area contributed by atoms with Crippen molar-refractivity contribution in [2.24, 2.45) is 0 Å². The molecule has 1 aromatic carbocycles. The lowest BCUT2D eigenvalue weighted by Gasteiger charge is -2.30. The number of nitrogens with one attached hydrogen (secondary N) is 2. The van der Waals surface area contributed by atoms with E-state index in [0.717, 1.165) is 24.3 Å². The highest BCUT2D eigenvalue weighted by molar-refractivity contribution is 5.61. The molecule has 3 rings (SSSR count). The summed E-state index contributed by atoms with van der Waals surface area (Å²) < 4.78 is 5.24. The van der Waals surface area contributed by atoms with Gasteiger partial charge < -0.3 is 15.4 Å². The van der Waals surface area contributed by atoms with Gasteiger partial charge in [-0.1, -0.05) is 0 Å². The fourth-order valence-electron chi connectivity index (χ4n) is 3.26. The summed E-state index contributed by atoms with van der Waals surface area (Å²) in [6.45, 7) is 0. The number of nitrogens with zero attached hydrogens (tertiary/aromatic N) is 1. The van der Waals surface area contributed by atoms with Crippen LogP contribution in [-0.2, 0) is 0 Å². The second-order valence-electron chi connectivity index (χ2n) is 5.47. The van der Waals surface area contributed by atoms with Crippen LogP contribution in [0.5, 0.6) is 5.75 Å². The third-order valence-corrected chi connectivity index (χ3v) is 4.18. The maximum atomic E-state index is 9.18. The van der Waals surface area contributed by atoms with Crippen molar-refractivity contribution in [2.45, 2.75) is 43.8 Å². The first-order valence-corrected chi connectivity index (χ1v) is 6.89. The molecule has 2 aliphatic rings. The third kappa shape index (κ3) is 2.52. The van der Waals surface area contributed by atoms with Crippen LogP contribution in [0.3, 0.4) is 0 Å². The zero-order chi connectivity index (χ0) is 13.2. The van der Waals surface area contributed by atoms with E-state index < -0.39 is 0 Å². The fraction of sp³-hybridized carbons (Fsp3) is 0.533. The van der Waals surface area contributed by atoms with Crippen LogP contribution in [0.1, 0.15) is 31.2 Å². The topological polar surface area (TPSA) is 57.1 Å². The smallest absolute Gasteiger partial charge is 0.121 e. The molecule has 0 radical (unpaired) electrons. The van der Waals surface area contributed by atoms with Crippen LogP contribution in [0.2, 0.25) is 0 Å². The lowest BCUT2D eigenvalue weighted by Crippen LogP contribution is -2.43. The Morgan fingerprint density at radius 2 is 2.05 bits per heavy atom. The molecule has 0 aromatic heterocycles. The highest BCUT2D eigenvalue weighted by Crippen LogP contribution is 2.30. The number of nitriles is 1. The van der Waals surface area contributed by atoms with Crippen molar-refractivity contribution in [3.63, 3.8) is 0 Å². The molecular weight excluding hydrogens is 238 g/mol. The normalized spacial score (nSPS) is 28.7. The minimum atomic E-state index is 0.456. The first-order chi connectivity index (χ1) is 9.28. The Balaban J connectivity index is 1.77. The number of ether oxygens (including phenoxy) is 1. The highest BCUT2D eigenvalue weighted by atomic mass is 16.5. The molecule has 2 bridgehead atoms. The molecular formula is C15H19N3O. The van der Waals surface area contributed by atoms with Crippen LogP contribution in [0.25, 0.3) is 0 Å². The van der Waals surface area contributed by atoms with Crippen LogP contribution in [0.4, 0.5) is 5.69 Å². The van der Waals surface area contributed by atoms with Crippen molar-refractivity contribution < 1.29 is 4.74 Å². The second-order valence-corrected chi connectivity index (χ2v) is 5.47. The van der Waals surface area contributed by atoms with Gasteiger partial charge in [0, 0.05) is 24.2 Å². The van der Waals surface area contributed by atoms with Gasteiger partial charge in [-0.15, -0.1) is 0 Å². The first-order valence-electron chi connectivity index (χ1n) is 6.89. The van der Waals surface area contributed by atoms with Gasteiger partial charge in [-0.3, -0.25) is 0 Å². The highest BCUT2D eigenvalue weighted by Gasteiger charge is 2.33. The maximum absolute atomic E-state index is 9.18. The molecule has 100 valence electrons. The largest absolute Gasteiger partial charge is 0.497 e. The molecule has 1 aromatic rings. The summed E-state index contributed by atoms with van der Waals surface area (Å²) in [4.78, 5) is 0. The molecule has 0 aliphatic carbocycles. The maximum Gasteiger partial charge on any atom is 0.121 e. The lowest BCUT2D eigenvalue weighted by atomic mass is 9.99. The average molecular weight is 257 g/mol.